The molecule has 0 aliphatic heterocycles. The smallest absolute Gasteiger partial charge is 0.272 e. The van der Waals surface area contributed by atoms with Crippen LogP contribution in [0.4, 0.5) is 11.5 Å². The largest absolute Gasteiger partial charge is 0.493 e. The molecule has 0 fully saturated rings. The third-order valence-electron chi connectivity index (χ3n) is 4.19. The first-order valence-electron chi connectivity index (χ1n) is 9.11. The number of carbonyl (C=O) groups is 1. The van der Waals surface area contributed by atoms with Gasteiger partial charge in [0, 0.05) is 37.5 Å². The number of methoxy groups -OCH3 is 3. The van der Waals surface area contributed by atoms with Crippen LogP contribution in [0, 0.1) is 6.92 Å². The van der Waals surface area contributed by atoms with E-state index in [9.17, 15) is 4.79 Å². The molecule has 0 radical (unpaired) electrons. The predicted molar refractivity (Wildman–Crippen MR) is 108 cm³/mol. The Kier molecular flexibility index (Phi) is 7.43. The monoisotopic (exact) mass is 388 g/mol. The first kappa shape index (κ1) is 21.3. The second-order valence-corrected chi connectivity index (χ2v) is 6.30. The van der Waals surface area contributed by atoms with Gasteiger partial charge in [-0.15, -0.1) is 0 Å². The summed E-state index contributed by atoms with van der Waals surface area (Å²) in [6, 6.07) is 5.18. The van der Waals surface area contributed by atoms with E-state index in [2.05, 4.69) is 22.2 Å². The summed E-state index contributed by atoms with van der Waals surface area (Å²) in [6.07, 6.45) is 1.97. The van der Waals surface area contributed by atoms with E-state index in [0.717, 1.165) is 12.8 Å². The van der Waals surface area contributed by atoms with Crippen molar-refractivity contribution in [3.05, 3.63) is 29.7 Å². The Hall–Kier alpha value is -3.03. The minimum Gasteiger partial charge on any atom is -0.493 e. The van der Waals surface area contributed by atoms with E-state index in [0.29, 0.717) is 46.8 Å². The Bertz CT molecular complexity index is 801. The van der Waals surface area contributed by atoms with Crippen molar-refractivity contribution in [1.82, 2.24) is 14.9 Å². The molecular formula is C20H28N4O4. The molecule has 2 rings (SSSR count). The number of benzene rings is 1. The summed E-state index contributed by atoms with van der Waals surface area (Å²) in [5.74, 6) is 2.42. The van der Waals surface area contributed by atoms with Crippen LogP contribution in [-0.2, 0) is 0 Å². The van der Waals surface area contributed by atoms with Crippen LogP contribution in [0.25, 0.3) is 0 Å². The molecule has 0 saturated heterocycles. The van der Waals surface area contributed by atoms with Gasteiger partial charge in [-0.2, -0.15) is 0 Å². The van der Waals surface area contributed by atoms with E-state index in [4.69, 9.17) is 14.2 Å². The number of ether oxygens (including phenoxy) is 3. The van der Waals surface area contributed by atoms with Crippen molar-refractivity contribution in [1.29, 1.82) is 0 Å². The van der Waals surface area contributed by atoms with E-state index >= 15 is 0 Å². The van der Waals surface area contributed by atoms with Gasteiger partial charge in [0.2, 0.25) is 5.75 Å². The Morgan fingerprint density at radius 1 is 1.07 bits per heavy atom. The highest BCUT2D eigenvalue weighted by molar-refractivity contribution is 5.93. The summed E-state index contributed by atoms with van der Waals surface area (Å²) in [4.78, 5) is 23.0. The molecular weight excluding hydrogens is 360 g/mol. The molecule has 0 saturated carbocycles. The number of aryl methyl sites for hydroxylation is 1. The van der Waals surface area contributed by atoms with Gasteiger partial charge < -0.3 is 24.4 Å². The molecule has 2 aromatic rings. The van der Waals surface area contributed by atoms with E-state index < -0.39 is 0 Å². The summed E-state index contributed by atoms with van der Waals surface area (Å²) in [5, 5.41) is 3.19. The Labute approximate surface area is 165 Å². The molecule has 0 aliphatic carbocycles. The van der Waals surface area contributed by atoms with Gasteiger partial charge in [0.1, 0.15) is 17.3 Å². The lowest BCUT2D eigenvalue weighted by Crippen LogP contribution is -2.28. The Balaban J connectivity index is 2.32. The summed E-state index contributed by atoms with van der Waals surface area (Å²) < 4.78 is 16.1. The zero-order valence-corrected chi connectivity index (χ0v) is 17.3. The molecule has 8 nitrogen and oxygen atoms in total. The van der Waals surface area contributed by atoms with Crippen LogP contribution in [-0.4, -0.2) is 55.7 Å². The lowest BCUT2D eigenvalue weighted by molar-refractivity contribution is 0.0787. The average Bonchev–Trinajstić information content (AvgIpc) is 2.69. The highest BCUT2D eigenvalue weighted by atomic mass is 16.5. The summed E-state index contributed by atoms with van der Waals surface area (Å²) in [6.45, 7) is 4.53. The van der Waals surface area contributed by atoms with Gasteiger partial charge in [-0.25, -0.2) is 9.97 Å². The number of hydrogen-bond acceptors (Lipinski definition) is 7. The zero-order chi connectivity index (χ0) is 20.7. The fourth-order valence-corrected chi connectivity index (χ4v) is 2.73. The van der Waals surface area contributed by atoms with E-state index in [1.165, 1.54) is 0 Å². The number of amides is 1. The fourth-order valence-electron chi connectivity index (χ4n) is 2.73. The van der Waals surface area contributed by atoms with Crippen molar-refractivity contribution in [2.75, 3.05) is 40.2 Å². The van der Waals surface area contributed by atoms with E-state index in [-0.39, 0.29) is 5.91 Å². The lowest BCUT2D eigenvalue weighted by atomic mass is 10.2. The molecule has 0 aliphatic rings. The van der Waals surface area contributed by atoms with Gasteiger partial charge in [-0.1, -0.05) is 13.3 Å². The average molecular weight is 388 g/mol. The number of carbonyl (C=O) groups excluding carboxylic acids is 1. The maximum Gasteiger partial charge on any atom is 0.272 e. The molecule has 28 heavy (non-hydrogen) atoms. The van der Waals surface area contributed by atoms with E-state index in [1.54, 1.807) is 58.4 Å². The quantitative estimate of drug-likeness (QED) is 0.704. The highest BCUT2D eigenvalue weighted by Gasteiger charge is 2.17. The third kappa shape index (κ3) is 5.03. The SMILES string of the molecule is CCCCN(C)C(=O)c1cc(Nc2cc(OC)c(OC)c(OC)c2)nc(C)n1. The molecule has 1 aromatic carbocycles. The second kappa shape index (κ2) is 9.77. The van der Waals surface area contributed by atoms with E-state index in [1.807, 2.05) is 0 Å². The predicted octanol–water partition coefficient (Wildman–Crippen LogP) is 3.43. The molecule has 8 heteroatoms. The van der Waals surface area contributed by atoms with Gasteiger partial charge in [0.25, 0.3) is 5.91 Å². The van der Waals surface area contributed by atoms with Crippen LogP contribution in [0.2, 0.25) is 0 Å². The number of nitrogens with one attached hydrogen (secondary N) is 1. The second-order valence-electron chi connectivity index (χ2n) is 6.30. The van der Waals surface area contributed by atoms with Gasteiger partial charge in [-0.05, 0) is 13.3 Å². The summed E-state index contributed by atoms with van der Waals surface area (Å²) in [7, 11) is 6.44. The number of nitrogens with zero attached hydrogens (tertiary/aromatic N) is 3. The normalized spacial score (nSPS) is 10.4. The molecule has 0 spiro atoms. The highest BCUT2D eigenvalue weighted by Crippen LogP contribution is 2.40. The number of hydrogen-bond donors (Lipinski definition) is 1. The first-order valence-corrected chi connectivity index (χ1v) is 9.11. The molecule has 0 bridgehead atoms. The van der Waals surface area contributed by atoms with Crippen molar-refractivity contribution in [3.8, 4) is 17.2 Å². The number of rotatable bonds is 9. The Morgan fingerprint density at radius 3 is 2.25 bits per heavy atom. The van der Waals surface area contributed by atoms with Crippen LogP contribution in [0.3, 0.4) is 0 Å². The number of unbranched alkanes of at least 4 members (excludes halogenated alkanes) is 1. The first-order chi connectivity index (χ1) is 13.4. The molecule has 1 N–H and O–H groups in total. The fraction of sp³-hybridized carbons (Fsp3) is 0.450. The number of aromatic nitrogens is 2. The van der Waals surface area contributed by atoms with Crippen molar-refractivity contribution in [2.24, 2.45) is 0 Å². The van der Waals surface area contributed by atoms with Gasteiger partial charge >= 0.3 is 0 Å². The van der Waals surface area contributed by atoms with Crippen LogP contribution in [0.15, 0.2) is 18.2 Å². The van der Waals surface area contributed by atoms with Gasteiger partial charge in [0.15, 0.2) is 11.5 Å². The lowest BCUT2D eigenvalue weighted by Gasteiger charge is -2.17. The molecule has 152 valence electrons. The maximum absolute atomic E-state index is 12.6. The van der Waals surface area contributed by atoms with Crippen molar-refractivity contribution >= 4 is 17.4 Å². The zero-order valence-electron chi connectivity index (χ0n) is 17.3. The van der Waals surface area contributed by atoms with Crippen molar-refractivity contribution in [2.45, 2.75) is 26.7 Å². The number of anilines is 2. The van der Waals surface area contributed by atoms with Crippen molar-refractivity contribution < 1.29 is 19.0 Å². The summed E-state index contributed by atoms with van der Waals surface area (Å²) in [5.41, 5.74) is 1.03. The maximum atomic E-state index is 12.6. The Morgan fingerprint density at radius 2 is 1.71 bits per heavy atom. The van der Waals surface area contributed by atoms with Crippen LogP contribution in [0.5, 0.6) is 17.2 Å². The minimum absolute atomic E-state index is 0.133. The molecule has 0 atom stereocenters. The molecule has 1 amide bonds. The third-order valence-corrected chi connectivity index (χ3v) is 4.19. The topological polar surface area (TPSA) is 85.8 Å². The standard InChI is InChI=1S/C20H28N4O4/c1-7-8-9-24(3)20(25)15-12-18(22-13(2)21-15)23-14-10-16(26-4)19(28-6)17(11-14)27-5/h10-12H,7-9H2,1-6H3,(H,21,22,23). The van der Waals surface area contributed by atoms with Crippen LogP contribution in [0.1, 0.15) is 36.1 Å². The van der Waals surface area contributed by atoms with Crippen molar-refractivity contribution in [3.63, 3.8) is 0 Å². The molecule has 1 aromatic heterocycles. The minimum atomic E-state index is -0.133. The van der Waals surface area contributed by atoms with Crippen LogP contribution < -0.4 is 19.5 Å². The van der Waals surface area contributed by atoms with Gasteiger partial charge in [-0.3, -0.25) is 4.79 Å². The van der Waals surface area contributed by atoms with Crippen LogP contribution >= 0.6 is 0 Å². The molecule has 1 heterocycles. The van der Waals surface area contributed by atoms with Gasteiger partial charge in [0.05, 0.1) is 21.3 Å². The molecule has 0 unspecified atom stereocenters. The summed E-state index contributed by atoms with van der Waals surface area (Å²) >= 11 is 0.